The SMILES string of the molecule is C[C@@H](OC(=O)c1cc(Cl)cc(Cl)c1)C(=O)N1c2ccccc2C[C@@H]1C. The summed E-state index contributed by atoms with van der Waals surface area (Å²) in [6.07, 6.45) is -0.134. The number of halogens is 2. The molecule has 4 nitrogen and oxygen atoms in total. The van der Waals surface area contributed by atoms with Crippen molar-refractivity contribution in [2.45, 2.75) is 32.4 Å². The summed E-state index contributed by atoms with van der Waals surface area (Å²) in [6, 6.07) is 12.2. The van der Waals surface area contributed by atoms with Crippen LogP contribution in [0.3, 0.4) is 0 Å². The molecule has 1 amide bonds. The minimum absolute atomic E-state index is 0.0201. The topological polar surface area (TPSA) is 46.6 Å². The van der Waals surface area contributed by atoms with Crippen molar-refractivity contribution >= 4 is 40.8 Å². The average molecular weight is 378 g/mol. The van der Waals surface area contributed by atoms with E-state index in [1.165, 1.54) is 18.2 Å². The number of rotatable bonds is 3. The summed E-state index contributed by atoms with van der Waals surface area (Å²) in [4.78, 5) is 26.8. The van der Waals surface area contributed by atoms with Gasteiger partial charge in [0, 0.05) is 21.8 Å². The van der Waals surface area contributed by atoms with E-state index in [1.807, 2.05) is 31.2 Å². The summed E-state index contributed by atoms with van der Waals surface area (Å²) in [5.41, 5.74) is 2.20. The second-order valence-electron chi connectivity index (χ2n) is 6.10. The van der Waals surface area contributed by atoms with Gasteiger partial charge in [-0.25, -0.2) is 4.79 Å². The summed E-state index contributed by atoms with van der Waals surface area (Å²) in [6.45, 7) is 3.54. The lowest BCUT2D eigenvalue weighted by Gasteiger charge is -2.26. The smallest absolute Gasteiger partial charge is 0.339 e. The van der Waals surface area contributed by atoms with Gasteiger partial charge in [-0.05, 0) is 50.1 Å². The molecule has 0 fully saturated rings. The lowest BCUT2D eigenvalue weighted by atomic mass is 10.1. The van der Waals surface area contributed by atoms with E-state index < -0.39 is 12.1 Å². The molecular formula is C19H17Cl2NO3. The van der Waals surface area contributed by atoms with Gasteiger partial charge in [0.15, 0.2) is 6.10 Å². The number of amides is 1. The van der Waals surface area contributed by atoms with Crippen LogP contribution in [0.5, 0.6) is 0 Å². The molecule has 2 atom stereocenters. The first kappa shape index (κ1) is 17.8. The fraction of sp³-hybridized carbons (Fsp3) is 0.263. The van der Waals surface area contributed by atoms with E-state index >= 15 is 0 Å². The van der Waals surface area contributed by atoms with Crippen LogP contribution in [0.15, 0.2) is 42.5 Å². The van der Waals surface area contributed by atoms with Gasteiger partial charge in [0.2, 0.25) is 0 Å². The molecule has 0 N–H and O–H groups in total. The van der Waals surface area contributed by atoms with Crippen LogP contribution in [0.1, 0.15) is 29.8 Å². The van der Waals surface area contributed by atoms with Crippen LogP contribution in [-0.2, 0) is 16.0 Å². The van der Waals surface area contributed by atoms with Gasteiger partial charge in [0.25, 0.3) is 5.91 Å². The predicted molar refractivity (Wildman–Crippen MR) is 98.4 cm³/mol. The standard InChI is InChI=1S/C19H17Cl2NO3/c1-11-7-13-5-3-4-6-17(13)22(11)18(23)12(2)25-19(24)14-8-15(20)10-16(21)9-14/h3-6,8-12H,7H2,1-2H3/t11-,12+/m0/s1. The number of nitrogens with zero attached hydrogens (tertiary/aromatic N) is 1. The number of para-hydroxylation sites is 1. The number of anilines is 1. The number of ether oxygens (including phenoxy) is 1. The molecule has 130 valence electrons. The molecule has 0 aliphatic carbocycles. The summed E-state index contributed by atoms with van der Waals surface area (Å²) in [7, 11) is 0. The summed E-state index contributed by atoms with van der Waals surface area (Å²) in [5.74, 6) is -0.885. The van der Waals surface area contributed by atoms with Crippen molar-refractivity contribution in [3.05, 3.63) is 63.6 Å². The predicted octanol–water partition coefficient (Wildman–Crippen LogP) is 4.52. The number of esters is 1. The van der Waals surface area contributed by atoms with Crippen LogP contribution in [0.2, 0.25) is 10.0 Å². The highest BCUT2D eigenvalue weighted by molar-refractivity contribution is 6.35. The first-order valence-corrected chi connectivity index (χ1v) is 8.70. The number of benzene rings is 2. The zero-order valence-electron chi connectivity index (χ0n) is 13.8. The largest absolute Gasteiger partial charge is 0.449 e. The number of carbonyl (C=O) groups is 2. The Bertz CT molecular complexity index is 817. The molecule has 0 saturated heterocycles. The van der Waals surface area contributed by atoms with E-state index in [4.69, 9.17) is 27.9 Å². The van der Waals surface area contributed by atoms with Crippen molar-refractivity contribution in [3.63, 3.8) is 0 Å². The lowest BCUT2D eigenvalue weighted by molar-refractivity contribution is -0.126. The number of carbonyl (C=O) groups excluding carboxylic acids is 2. The monoisotopic (exact) mass is 377 g/mol. The minimum Gasteiger partial charge on any atom is -0.449 e. The number of fused-ring (bicyclic) bond motifs is 1. The third-order valence-electron chi connectivity index (χ3n) is 4.17. The Morgan fingerprint density at radius 1 is 1.16 bits per heavy atom. The Kier molecular flexibility index (Phi) is 5.02. The molecule has 2 aromatic carbocycles. The average Bonchev–Trinajstić information content (AvgIpc) is 2.88. The summed E-state index contributed by atoms with van der Waals surface area (Å²) < 4.78 is 5.34. The van der Waals surface area contributed by atoms with Crippen molar-refractivity contribution in [3.8, 4) is 0 Å². The fourth-order valence-electron chi connectivity index (χ4n) is 3.05. The molecule has 1 heterocycles. The van der Waals surface area contributed by atoms with Gasteiger partial charge in [0.1, 0.15) is 0 Å². The summed E-state index contributed by atoms with van der Waals surface area (Å²) >= 11 is 11.8. The second-order valence-corrected chi connectivity index (χ2v) is 6.97. The van der Waals surface area contributed by atoms with Crippen molar-refractivity contribution in [2.75, 3.05) is 4.90 Å². The Morgan fingerprint density at radius 3 is 2.48 bits per heavy atom. The van der Waals surface area contributed by atoms with E-state index in [1.54, 1.807) is 11.8 Å². The maximum Gasteiger partial charge on any atom is 0.339 e. The van der Waals surface area contributed by atoms with Crippen LogP contribution in [0.4, 0.5) is 5.69 Å². The maximum absolute atomic E-state index is 12.8. The highest BCUT2D eigenvalue weighted by Crippen LogP contribution is 2.32. The molecule has 1 aliphatic rings. The maximum atomic E-state index is 12.8. The van der Waals surface area contributed by atoms with Crippen LogP contribution in [0, 0.1) is 0 Å². The van der Waals surface area contributed by atoms with Gasteiger partial charge in [-0.1, -0.05) is 41.4 Å². The highest BCUT2D eigenvalue weighted by atomic mass is 35.5. The molecule has 0 saturated carbocycles. The van der Waals surface area contributed by atoms with Crippen LogP contribution in [0.25, 0.3) is 0 Å². The highest BCUT2D eigenvalue weighted by Gasteiger charge is 2.34. The van der Waals surface area contributed by atoms with Gasteiger partial charge >= 0.3 is 5.97 Å². The molecule has 6 heteroatoms. The van der Waals surface area contributed by atoms with E-state index in [0.29, 0.717) is 10.0 Å². The molecule has 0 unspecified atom stereocenters. The number of hydrogen-bond donors (Lipinski definition) is 0. The number of hydrogen-bond acceptors (Lipinski definition) is 3. The van der Waals surface area contributed by atoms with E-state index in [0.717, 1.165) is 17.7 Å². The van der Waals surface area contributed by atoms with E-state index in [9.17, 15) is 9.59 Å². The molecule has 0 bridgehead atoms. The molecular weight excluding hydrogens is 361 g/mol. The van der Waals surface area contributed by atoms with Gasteiger partial charge in [0.05, 0.1) is 5.56 Å². The molecule has 0 spiro atoms. The minimum atomic E-state index is -0.918. The van der Waals surface area contributed by atoms with Gasteiger partial charge < -0.3 is 9.64 Å². The molecule has 3 rings (SSSR count). The molecule has 2 aromatic rings. The van der Waals surface area contributed by atoms with Crippen LogP contribution < -0.4 is 4.90 Å². The first-order chi connectivity index (χ1) is 11.9. The zero-order valence-corrected chi connectivity index (χ0v) is 15.3. The summed E-state index contributed by atoms with van der Waals surface area (Å²) in [5, 5.41) is 0.668. The Hall–Kier alpha value is -2.04. The molecule has 25 heavy (non-hydrogen) atoms. The lowest BCUT2D eigenvalue weighted by Crippen LogP contribution is -2.43. The second kappa shape index (κ2) is 7.06. The first-order valence-electron chi connectivity index (χ1n) is 7.95. The van der Waals surface area contributed by atoms with Gasteiger partial charge in [-0.2, -0.15) is 0 Å². The van der Waals surface area contributed by atoms with Crippen LogP contribution >= 0.6 is 23.2 Å². The Labute approximate surface area is 156 Å². The fourth-order valence-corrected chi connectivity index (χ4v) is 3.57. The third kappa shape index (κ3) is 3.65. The van der Waals surface area contributed by atoms with Crippen molar-refractivity contribution in [2.24, 2.45) is 0 Å². The molecule has 1 aliphatic heterocycles. The van der Waals surface area contributed by atoms with Crippen molar-refractivity contribution in [1.82, 2.24) is 0 Å². The quantitative estimate of drug-likeness (QED) is 0.738. The van der Waals surface area contributed by atoms with Gasteiger partial charge in [-0.3, -0.25) is 4.79 Å². The van der Waals surface area contributed by atoms with Crippen molar-refractivity contribution in [1.29, 1.82) is 0 Å². The molecule has 0 aromatic heterocycles. The van der Waals surface area contributed by atoms with Gasteiger partial charge in [-0.15, -0.1) is 0 Å². The Morgan fingerprint density at radius 2 is 1.80 bits per heavy atom. The van der Waals surface area contributed by atoms with Crippen LogP contribution in [-0.4, -0.2) is 24.0 Å². The Balaban J connectivity index is 1.76. The normalized spacial score (nSPS) is 17.1. The van der Waals surface area contributed by atoms with E-state index in [-0.39, 0.29) is 17.5 Å². The van der Waals surface area contributed by atoms with Crippen molar-refractivity contribution < 1.29 is 14.3 Å². The third-order valence-corrected chi connectivity index (χ3v) is 4.61. The zero-order chi connectivity index (χ0) is 18.1. The van der Waals surface area contributed by atoms with E-state index in [2.05, 4.69) is 0 Å². The molecule has 0 radical (unpaired) electrons.